The lowest BCUT2D eigenvalue weighted by molar-refractivity contribution is -0.151. The Hall–Kier alpha value is -2.42. The molecule has 1 amide bonds. The van der Waals surface area contributed by atoms with Crippen LogP contribution in [-0.4, -0.2) is 68.5 Å². The molecule has 1 aromatic rings. The summed E-state index contributed by atoms with van der Waals surface area (Å²) in [7, 11) is 1.64. The summed E-state index contributed by atoms with van der Waals surface area (Å²) in [6, 6.07) is 3.30. The Morgan fingerprint density at radius 2 is 2.00 bits per heavy atom. The first kappa shape index (κ1) is 21.4. The molecule has 2 aliphatic rings. The number of pyridine rings is 1. The van der Waals surface area contributed by atoms with Gasteiger partial charge in [-0.1, -0.05) is 13.8 Å². The first-order valence-corrected chi connectivity index (χ1v) is 11.2. The summed E-state index contributed by atoms with van der Waals surface area (Å²) in [5.74, 6) is -1.78. The molecular formula is C23H34FN3O5. The Labute approximate surface area is 191 Å². The number of nitrogens with one attached hydrogen (secondary N) is 1. The zero-order chi connectivity index (χ0) is 25.1. The minimum atomic E-state index is -2.74. The number of esters is 1. The molecule has 1 aromatic heterocycles. The highest BCUT2D eigenvalue weighted by Gasteiger charge is 2.40. The number of alkyl halides is 1. The highest BCUT2D eigenvalue weighted by Crippen LogP contribution is 2.40. The SMILES string of the molecule is [2H]C([2H])(F)[C@H]1C[C@H]1COc1nc(C(=O)NC(CC)(CC)C(=O)OCC)ccc1N1CC(OC)C1. The van der Waals surface area contributed by atoms with Crippen molar-refractivity contribution in [2.75, 3.05) is 44.9 Å². The molecule has 2 fully saturated rings. The molecule has 3 rings (SSSR count). The number of hydrogen-bond donors (Lipinski definition) is 1. The first-order valence-electron chi connectivity index (χ1n) is 12.2. The van der Waals surface area contributed by atoms with Crippen LogP contribution in [0.4, 0.5) is 10.1 Å². The Balaban J connectivity index is 1.79. The number of ether oxygens (including phenoxy) is 3. The van der Waals surface area contributed by atoms with Gasteiger partial charge in [-0.05, 0) is 50.2 Å². The Kier molecular flexibility index (Phi) is 7.01. The molecule has 2 atom stereocenters. The van der Waals surface area contributed by atoms with E-state index in [1.807, 2.05) is 4.90 Å². The van der Waals surface area contributed by atoms with Crippen molar-refractivity contribution < 1.29 is 30.9 Å². The summed E-state index contributed by atoms with van der Waals surface area (Å²) in [4.78, 5) is 32.0. The van der Waals surface area contributed by atoms with Crippen molar-refractivity contribution in [1.82, 2.24) is 10.3 Å². The van der Waals surface area contributed by atoms with Gasteiger partial charge in [-0.15, -0.1) is 0 Å². The normalized spacial score (nSPS) is 21.8. The van der Waals surface area contributed by atoms with Crippen LogP contribution in [0, 0.1) is 11.8 Å². The van der Waals surface area contributed by atoms with Gasteiger partial charge in [0.25, 0.3) is 5.91 Å². The number of carbonyl (C=O) groups is 2. The maximum absolute atomic E-state index is 13.6. The summed E-state index contributed by atoms with van der Waals surface area (Å²) in [6.45, 7) is 4.15. The maximum Gasteiger partial charge on any atom is 0.331 e. The molecule has 1 aliphatic carbocycles. The zero-order valence-corrected chi connectivity index (χ0v) is 19.2. The molecular weight excluding hydrogens is 417 g/mol. The van der Waals surface area contributed by atoms with Crippen molar-refractivity contribution in [3.05, 3.63) is 17.8 Å². The molecule has 2 heterocycles. The minimum Gasteiger partial charge on any atom is -0.476 e. The van der Waals surface area contributed by atoms with Gasteiger partial charge in [0.2, 0.25) is 5.88 Å². The summed E-state index contributed by atoms with van der Waals surface area (Å²) in [5.41, 5.74) is -0.412. The van der Waals surface area contributed by atoms with E-state index in [0.717, 1.165) is 0 Å². The summed E-state index contributed by atoms with van der Waals surface area (Å²) < 4.78 is 44.4. The van der Waals surface area contributed by atoms with Crippen molar-refractivity contribution in [1.29, 1.82) is 0 Å². The predicted octanol–water partition coefficient (Wildman–Crippen LogP) is 2.75. The molecule has 0 radical (unpaired) electrons. The van der Waals surface area contributed by atoms with E-state index in [-0.39, 0.29) is 36.8 Å². The van der Waals surface area contributed by atoms with E-state index in [4.69, 9.17) is 17.0 Å². The number of nitrogens with zero attached hydrogens (tertiary/aromatic N) is 2. The largest absolute Gasteiger partial charge is 0.476 e. The molecule has 8 nitrogen and oxygen atoms in total. The van der Waals surface area contributed by atoms with Crippen LogP contribution >= 0.6 is 0 Å². The lowest BCUT2D eigenvalue weighted by atomic mass is 9.92. The quantitative estimate of drug-likeness (QED) is 0.487. The lowest BCUT2D eigenvalue weighted by Crippen LogP contribution is -2.54. The Bertz CT molecular complexity index is 888. The van der Waals surface area contributed by atoms with Gasteiger partial charge in [0.15, 0.2) is 0 Å². The van der Waals surface area contributed by atoms with Crippen LogP contribution in [0.3, 0.4) is 0 Å². The summed E-state index contributed by atoms with van der Waals surface area (Å²) in [6.07, 6.45) is 1.19. The number of halogens is 1. The fourth-order valence-electron chi connectivity index (χ4n) is 3.76. The molecule has 32 heavy (non-hydrogen) atoms. The molecule has 178 valence electrons. The number of methoxy groups -OCH3 is 1. The second kappa shape index (κ2) is 10.5. The van der Waals surface area contributed by atoms with E-state index < -0.39 is 30.0 Å². The number of anilines is 1. The molecule has 1 aliphatic heterocycles. The van der Waals surface area contributed by atoms with E-state index in [2.05, 4.69) is 10.3 Å². The van der Waals surface area contributed by atoms with Crippen molar-refractivity contribution in [2.24, 2.45) is 11.8 Å². The highest BCUT2D eigenvalue weighted by molar-refractivity contribution is 5.97. The number of rotatable bonds is 12. The number of aromatic nitrogens is 1. The van der Waals surface area contributed by atoms with Gasteiger partial charge in [0, 0.05) is 20.2 Å². The minimum absolute atomic E-state index is 0.0753. The van der Waals surface area contributed by atoms with E-state index >= 15 is 0 Å². The monoisotopic (exact) mass is 453 g/mol. The van der Waals surface area contributed by atoms with Gasteiger partial charge >= 0.3 is 5.97 Å². The molecule has 0 bridgehead atoms. The van der Waals surface area contributed by atoms with Crippen molar-refractivity contribution >= 4 is 17.6 Å². The average Bonchev–Trinajstić information content (AvgIpc) is 3.56. The number of amides is 1. The van der Waals surface area contributed by atoms with Crippen LogP contribution in [0.1, 0.15) is 53.3 Å². The lowest BCUT2D eigenvalue weighted by Gasteiger charge is -2.40. The average molecular weight is 454 g/mol. The third-order valence-electron chi connectivity index (χ3n) is 6.32. The van der Waals surface area contributed by atoms with E-state index in [1.165, 1.54) is 0 Å². The van der Waals surface area contributed by atoms with Gasteiger partial charge in [0.05, 0.1) is 28.7 Å². The van der Waals surface area contributed by atoms with Gasteiger partial charge in [-0.3, -0.25) is 9.18 Å². The highest BCUT2D eigenvalue weighted by atomic mass is 19.1. The van der Waals surface area contributed by atoms with Crippen LogP contribution < -0.4 is 15.0 Å². The predicted molar refractivity (Wildman–Crippen MR) is 118 cm³/mol. The fraction of sp³-hybridized carbons (Fsp3) is 0.696. The van der Waals surface area contributed by atoms with E-state index in [9.17, 15) is 14.0 Å². The van der Waals surface area contributed by atoms with Crippen LogP contribution in [0.25, 0.3) is 0 Å². The molecule has 0 aromatic carbocycles. The number of hydrogen-bond acceptors (Lipinski definition) is 7. The van der Waals surface area contributed by atoms with Crippen LogP contribution in [0.15, 0.2) is 12.1 Å². The van der Waals surface area contributed by atoms with Crippen molar-refractivity contribution in [3.8, 4) is 5.88 Å². The second-order valence-electron chi connectivity index (χ2n) is 8.27. The first-order chi connectivity index (χ1) is 16.1. The smallest absolute Gasteiger partial charge is 0.331 e. The molecule has 1 N–H and O–H groups in total. The standard InChI is InChI=1S/C23H34FN3O5/c1-5-23(6-2,22(29)31-7-3)26-20(28)18-8-9-19(27-12-17(13-27)30-4)21(25-18)32-14-16-10-15(16)11-24/h8-9,15-17H,5-7,10-14H2,1-4H3,(H,26,28)/t15-,16+/m1/s1/i11D2. The van der Waals surface area contributed by atoms with Crippen LogP contribution in [0.2, 0.25) is 0 Å². The molecule has 1 saturated carbocycles. The molecule has 9 heteroatoms. The molecule has 1 saturated heterocycles. The van der Waals surface area contributed by atoms with E-state index in [0.29, 0.717) is 38.0 Å². The van der Waals surface area contributed by atoms with Crippen molar-refractivity contribution in [2.45, 2.75) is 51.7 Å². The fourth-order valence-corrected chi connectivity index (χ4v) is 3.76. The summed E-state index contributed by atoms with van der Waals surface area (Å²) >= 11 is 0. The summed E-state index contributed by atoms with van der Waals surface area (Å²) in [5, 5.41) is 2.79. The van der Waals surface area contributed by atoms with Crippen LogP contribution in [0.5, 0.6) is 5.88 Å². The van der Waals surface area contributed by atoms with Gasteiger partial charge in [-0.25, -0.2) is 9.78 Å². The second-order valence-corrected chi connectivity index (χ2v) is 8.27. The third kappa shape index (κ3) is 5.14. The third-order valence-corrected chi connectivity index (χ3v) is 6.32. The van der Waals surface area contributed by atoms with Crippen LogP contribution in [-0.2, 0) is 14.3 Å². The van der Waals surface area contributed by atoms with Crippen molar-refractivity contribution in [3.63, 3.8) is 0 Å². The van der Waals surface area contributed by atoms with E-state index in [1.54, 1.807) is 40.0 Å². The van der Waals surface area contributed by atoms with Gasteiger partial charge in [0.1, 0.15) is 16.9 Å². The topological polar surface area (TPSA) is 90.0 Å². The number of carbonyl (C=O) groups excluding carboxylic acids is 2. The maximum atomic E-state index is 13.6. The van der Waals surface area contributed by atoms with Gasteiger partial charge < -0.3 is 24.4 Å². The van der Waals surface area contributed by atoms with Gasteiger partial charge in [-0.2, -0.15) is 0 Å². The Morgan fingerprint density at radius 3 is 2.56 bits per heavy atom. The molecule has 0 spiro atoms. The molecule has 0 unspecified atom stereocenters. The Morgan fingerprint density at radius 1 is 1.28 bits per heavy atom. The zero-order valence-electron chi connectivity index (χ0n) is 21.2.